The Labute approximate surface area is 164 Å². The van der Waals surface area contributed by atoms with E-state index in [4.69, 9.17) is 9.26 Å². The van der Waals surface area contributed by atoms with Gasteiger partial charge in [-0.25, -0.2) is 9.97 Å². The molecule has 0 aliphatic rings. The lowest BCUT2D eigenvalue weighted by atomic mass is 10.2. The van der Waals surface area contributed by atoms with Crippen molar-refractivity contribution in [2.75, 3.05) is 6.61 Å². The molecule has 0 aromatic carbocycles. The number of carbonyl (C=O) groups excluding carboxylic acids is 1. The van der Waals surface area contributed by atoms with Crippen molar-refractivity contribution >= 4 is 16.9 Å². The maximum absolute atomic E-state index is 12.4. The minimum absolute atomic E-state index is 0.0269. The molecule has 4 heterocycles. The van der Waals surface area contributed by atoms with Crippen LogP contribution in [0.3, 0.4) is 0 Å². The van der Waals surface area contributed by atoms with Gasteiger partial charge in [0.15, 0.2) is 0 Å². The first-order valence-corrected chi connectivity index (χ1v) is 8.82. The summed E-state index contributed by atoms with van der Waals surface area (Å²) < 4.78 is 10.4. The van der Waals surface area contributed by atoms with E-state index in [0.717, 1.165) is 0 Å². The van der Waals surface area contributed by atoms with Crippen LogP contribution < -0.4 is 15.6 Å². The Balaban J connectivity index is 1.45. The summed E-state index contributed by atoms with van der Waals surface area (Å²) in [6, 6.07) is 8.43. The minimum atomic E-state index is -0.556. The largest absolute Gasteiger partial charge is 0.478 e. The zero-order valence-electron chi connectivity index (χ0n) is 15.4. The number of aromatic nitrogens is 5. The molecule has 0 bridgehead atoms. The van der Waals surface area contributed by atoms with E-state index in [2.05, 4.69) is 30.4 Å². The summed E-state index contributed by atoms with van der Waals surface area (Å²) in [5, 5.41) is 7.13. The third-order valence-electron chi connectivity index (χ3n) is 4.01. The monoisotopic (exact) mass is 392 g/mol. The number of H-pyrrole nitrogens is 1. The van der Waals surface area contributed by atoms with E-state index in [0.29, 0.717) is 34.9 Å². The number of rotatable bonds is 6. The molecule has 0 saturated carbocycles. The molecule has 0 atom stereocenters. The second-order valence-corrected chi connectivity index (χ2v) is 5.97. The predicted octanol–water partition coefficient (Wildman–Crippen LogP) is 1.70. The molecule has 29 heavy (non-hydrogen) atoms. The van der Waals surface area contributed by atoms with E-state index < -0.39 is 11.5 Å². The average Bonchev–Trinajstić information content (AvgIpc) is 3.21. The van der Waals surface area contributed by atoms with Crippen LogP contribution in [0.5, 0.6) is 5.88 Å². The second-order valence-electron chi connectivity index (χ2n) is 5.97. The van der Waals surface area contributed by atoms with Gasteiger partial charge in [0.05, 0.1) is 13.2 Å². The van der Waals surface area contributed by atoms with Crippen LogP contribution in [-0.2, 0) is 6.54 Å². The quantitative estimate of drug-likeness (QED) is 0.506. The van der Waals surface area contributed by atoms with Gasteiger partial charge in [0, 0.05) is 29.4 Å². The third-order valence-corrected chi connectivity index (χ3v) is 4.01. The highest BCUT2D eigenvalue weighted by Crippen LogP contribution is 2.17. The molecule has 4 rings (SSSR count). The molecule has 10 heteroatoms. The Kier molecular flexibility index (Phi) is 4.97. The first-order valence-electron chi connectivity index (χ1n) is 8.82. The Morgan fingerprint density at radius 3 is 2.97 bits per heavy atom. The molecule has 2 N–H and O–H groups in total. The molecule has 0 aliphatic carbocycles. The second kappa shape index (κ2) is 7.89. The number of ether oxygens (including phenoxy) is 1. The molecule has 0 spiro atoms. The van der Waals surface area contributed by atoms with Crippen molar-refractivity contribution in [1.29, 1.82) is 0 Å². The van der Waals surface area contributed by atoms with Gasteiger partial charge in [-0.15, -0.1) is 0 Å². The van der Waals surface area contributed by atoms with E-state index in [-0.39, 0.29) is 18.0 Å². The maximum Gasteiger partial charge on any atom is 0.262 e. The molecule has 10 nitrogen and oxygen atoms in total. The summed E-state index contributed by atoms with van der Waals surface area (Å²) in [7, 11) is 0. The van der Waals surface area contributed by atoms with E-state index in [1.54, 1.807) is 36.7 Å². The summed E-state index contributed by atoms with van der Waals surface area (Å²) in [5.74, 6) is 0.475. The minimum Gasteiger partial charge on any atom is -0.478 e. The number of hydrogen-bond acceptors (Lipinski definition) is 8. The van der Waals surface area contributed by atoms with Crippen molar-refractivity contribution in [2.45, 2.75) is 13.5 Å². The van der Waals surface area contributed by atoms with Crippen LogP contribution in [0.15, 0.2) is 52.0 Å². The summed E-state index contributed by atoms with van der Waals surface area (Å²) in [5.41, 5.74) is 0.508. The summed E-state index contributed by atoms with van der Waals surface area (Å²) in [6.07, 6.45) is 3.13. The number of hydrogen-bond donors (Lipinski definition) is 2. The molecule has 1 amide bonds. The van der Waals surface area contributed by atoms with Crippen molar-refractivity contribution in [2.24, 2.45) is 0 Å². The van der Waals surface area contributed by atoms with Crippen LogP contribution in [0, 0.1) is 0 Å². The molecule has 0 fully saturated rings. The lowest BCUT2D eigenvalue weighted by Gasteiger charge is -2.03. The molecule has 0 aliphatic heterocycles. The number of nitrogens with zero attached hydrogens (tertiary/aromatic N) is 4. The Bertz CT molecular complexity index is 1220. The predicted molar refractivity (Wildman–Crippen MR) is 102 cm³/mol. The molecule has 146 valence electrons. The van der Waals surface area contributed by atoms with Gasteiger partial charge in [-0.05, 0) is 31.2 Å². The zero-order valence-corrected chi connectivity index (χ0v) is 15.4. The number of aromatic amines is 1. The Morgan fingerprint density at radius 2 is 2.17 bits per heavy atom. The number of nitrogens with one attached hydrogen (secondary N) is 2. The van der Waals surface area contributed by atoms with Crippen LogP contribution in [-0.4, -0.2) is 37.6 Å². The summed E-state index contributed by atoms with van der Waals surface area (Å²) in [6.45, 7) is 2.37. The fourth-order valence-electron chi connectivity index (χ4n) is 2.64. The van der Waals surface area contributed by atoms with E-state index in [9.17, 15) is 9.59 Å². The summed E-state index contributed by atoms with van der Waals surface area (Å²) in [4.78, 5) is 39.5. The summed E-state index contributed by atoms with van der Waals surface area (Å²) >= 11 is 0. The lowest BCUT2D eigenvalue weighted by Crippen LogP contribution is -2.29. The Hall–Kier alpha value is -4.08. The average molecular weight is 392 g/mol. The van der Waals surface area contributed by atoms with Crippen LogP contribution in [0.2, 0.25) is 0 Å². The van der Waals surface area contributed by atoms with Crippen molar-refractivity contribution < 1.29 is 14.1 Å². The van der Waals surface area contributed by atoms with Crippen LogP contribution in [0.1, 0.15) is 23.2 Å². The topological polar surface area (TPSA) is 136 Å². The molecule has 4 aromatic heterocycles. The molecule has 0 unspecified atom stereocenters. The van der Waals surface area contributed by atoms with Gasteiger partial charge >= 0.3 is 0 Å². The Morgan fingerprint density at radius 1 is 1.28 bits per heavy atom. The molecular formula is C19H16N6O4. The number of carbonyl (C=O) groups is 1. The van der Waals surface area contributed by atoms with Crippen molar-refractivity contribution in [3.63, 3.8) is 0 Å². The number of amides is 1. The molecule has 0 saturated heterocycles. The lowest BCUT2D eigenvalue weighted by molar-refractivity contribution is 0.0945. The van der Waals surface area contributed by atoms with Gasteiger partial charge in [0.1, 0.15) is 11.2 Å². The van der Waals surface area contributed by atoms with Crippen LogP contribution in [0.25, 0.3) is 22.4 Å². The first kappa shape index (κ1) is 18.3. The fraction of sp³-hybridized carbons (Fsp3) is 0.158. The van der Waals surface area contributed by atoms with Gasteiger partial charge < -0.3 is 19.6 Å². The number of fused-ring (bicyclic) bond motifs is 1. The van der Waals surface area contributed by atoms with Crippen molar-refractivity contribution in [1.82, 2.24) is 30.4 Å². The van der Waals surface area contributed by atoms with Gasteiger partial charge in [0.25, 0.3) is 11.5 Å². The highest BCUT2D eigenvalue weighted by atomic mass is 16.5. The van der Waals surface area contributed by atoms with E-state index in [1.165, 1.54) is 6.07 Å². The van der Waals surface area contributed by atoms with Gasteiger partial charge in [-0.1, -0.05) is 5.16 Å². The van der Waals surface area contributed by atoms with Gasteiger partial charge in [0.2, 0.25) is 17.6 Å². The van der Waals surface area contributed by atoms with Crippen molar-refractivity contribution in [3.05, 3.63) is 64.5 Å². The maximum atomic E-state index is 12.4. The highest BCUT2D eigenvalue weighted by Gasteiger charge is 2.14. The molecule has 0 radical (unpaired) electrons. The van der Waals surface area contributed by atoms with Gasteiger partial charge in [-0.3, -0.25) is 9.59 Å². The molecule has 4 aromatic rings. The SMILES string of the molecule is CCOc1ccc(-c2noc(CNC(=O)c3cc4cccnc4[nH]c3=O)n2)cn1. The van der Waals surface area contributed by atoms with E-state index in [1.807, 2.05) is 6.92 Å². The van der Waals surface area contributed by atoms with Gasteiger partial charge in [-0.2, -0.15) is 4.98 Å². The van der Waals surface area contributed by atoms with Crippen molar-refractivity contribution in [3.8, 4) is 17.3 Å². The van der Waals surface area contributed by atoms with Crippen LogP contribution in [0.4, 0.5) is 0 Å². The highest BCUT2D eigenvalue weighted by molar-refractivity contribution is 5.96. The third kappa shape index (κ3) is 3.95. The van der Waals surface area contributed by atoms with E-state index >= 15 is 0 Å². The fourth-order valence-corrected chi connectivity index (χ4v) is 2.64. The smallest absolute Gasteiger partial charge is 0.262 e. The standard InChI is InChI=1S/C19H16N6O4/c1-2-28-14-6-5-12(9-21-14)17-23-15(29-25-17)10-22-18(26)13-8-11-4-3-7-20-16(11)24-19(13)27/h3-9H,2,10H2,1H3,(H,22,26)(H,20,24,27). The number of pyridine rings is 3. The normalized spacial score (nSPS) is 10.8. The first-order chi connectivity index (χ1) is 14.1. The zero-order chi connectivity index (χ0) is 20.2. The van der Waals surface area contributed by atoms with Crippen LogP contribution >= 0.6 is 0 Å². The molecular weight excluding hydrogens is 376 g/mol.